The van der Waals surface area contributed by atoms with Gasteiger partial charge in [-0.3, -0.25) is 14.4 Å². The van der Waals surface area contributed by atoms with Gasteiger partial charge in [-0.05, 0) is 37.6 Å². The maximum atomic E-state index is 12.2. The van der Waals surface area contributed by atoms with Gasteiger partial charge in [0, 0.05) is 23.2 Å². The molecule has 1 aliphatic heterocycles. The first-order valence-corrected chi connectivity index (χ1v) is 10.6. The number of halogens is 1. The van der Waals surface area contributed by atoms with Crippen LogP contribution in [0, 0.1) is 0 Å². The zero-order chi connectivity index (χ0) is 20.0. The van der Waals surface area contributed by atoms with Crippen molar-refractivity contribution in [1.82, 2.24) is 10.2 Å². The lowest BCUT2D eigenvalue weighted by Crippen LogP contribution is -2.43. The third-order valence-electron chi connectivity index (χ3n) is 4.17. The molecule has 10 heteroatoms. The lowest BCUT2D eigenvalue weighted by Gasteiger charge is -2.26. The van der Waals surface area contributed by atoms with E-state index in [1.54, 1.807) is 19.1 Å². The highest BCUT2D eigenvalue weighted by Gasteiger charge is 2.34. The number of esters is 1. The lowest BCUT2D eigenvalue weighted by molar-refractivity contribution is -0.151. The summed E-state index contributed by atoms with van der Waals surface area (Å²) in [5.41, 5.74) is 0.336. The number of hydrogen-bond donors (Lipinski definition) is 1. The van der Waals surface area contributed by atoms with Gasteiger partial charge in [-0.1, -0.05) is 11.6 Å². The monoisotopic (exact) mass is 416 g/mol. The van der Waals surface area contributed by atoms with Crippen molar-refractivity contribution in [1.29, 1.82) is 0 Å². The SMILES string of the molecule is CCN(C(=O)COC(=O)CNC(=O)c1ccc(Cl)cc1)[C@H]1CCS(=O)(=O)C1. The molecule has 1 saturated heterocycles. The van der Waals surface area contributed by atoms with Gasteiger partial charge in [0.05, 0.1) is 11.5 Å². The number of sulfone groups is 1. The zero-order valence-electron chi connectivity index (χ0n) is 14.8. The molecule has 148 valence electrons. The van der Waals surface area contributed by atoms with Crippen LogP contribution < -0.4 is 5.32 Å². The van der Waals surface area contributed by atoms with Crippen molar-refractivity contribution in [2.75, 3.05) is 31.2 Å². The van der Waals surface area contributed by atoms with Crippen LogP contribution in [0.15, 0.2) is 24.3 Å². The van der Waals surface area contributed by atoms with Crippen molar-refractivity contribution in [3.05, 3.63) is 34.9 Å². The Labute approximate surface area is 162 Å². The third kappa shape index (κ3) is 6.21. The highest BCUT2D eigenvalue weighted by molar-refractivity contribution is 7.91. The highest BCUT2D eigenvalue weighted by Crippen LogP contribution is 2.17. The average Bonchev–Trinajstić information content (AvgIpc) is 2.98. The van der Waals surface area contributed by atoms with Crippen LogP contribution in [0.4, 0.5) is 0 Å². The van der Waals surface area contributed by atoms with E-state index in [4.69, 9.17) is 16.3 Å². The Kier molecular flexibility index (Phi) is 7.20. The molecule has 1 aliphatic rings. The molecule has 2 rings (SSSR count). The number of likely N-dealkylation sites (N-methyl/N-ethyl adjacent to an activating group) is 1. The fraction of sp³-hybridized carbons (Fsp3) is 0.471. The zero-order valence-corrected chi connectivity index (χ0v) is 16.4. The Morgan fingerprint density at radius 3 is 2.48 bits per heavy atom. The van der Waals surface area contributed by atoms with E-state index in [0.717, 1.165) is 0 Å². The summed E-state index contributed by atoms with van der Waals surface area (Å²) in [6.45, 7) is 1.17. The number of carbonyl (C=O) groups excluding carboxylic acids is 3. The molecule has 0 aromatic heterocycles. The molecule has 8 nitrogen and oxygen atoms in total. The number of amides is 2. The number of rotatable bonds is 7. The molecule has 1 aromatic carbocycles. The Balaban J connectivity index is 1.77. The van der Waals surface area contributed by atoms with Crippen molar-refractivity contribution >= 4 is 39.2 Å². The van der Waals surface area contributed by atoms with E-state index in [9.17, 15) is 22.8 Å². The third-order valence-corrected chi connectivity index (χ3v) is 6.17. The second-order valence-corrected chi connectivity index (χ2v) is 8.75. The van der Waals surface area contributed by atoms with Crippen molar-refractivity contribution in [3.63, 3.8) is 0 Å². The van der Waals surface area contributed by atoms with Crippen LogP contribution in [0.5, 0.6) is 0 Å². The smallest absolute Gasteiger partial charge is 0.325 e. The fourth-order valence-electron chi connectivity index (χ4n) is 2.79. The van der Waals surface area contributed by atoms with Gasteiger partial charge in [0.1, 0.15) is 6.54 Å². The summed E-state index contributed by atoms with van der Waals surface area (Å²) in [5.74, 6) is -1.71. The van der Waals surface area contributed by atoms with E-state index in [2.05, 4.69) is 5.32 Å². The minimum atomic E-state index is -3.12. The normalized spacial score (nSPS) is 17.9. The van der Waals surface area contributed by atoms with Crippen molar-refractivity contribution < 1.29 is 27.5 Å². The van der Waals surface area contributed by atoms with Crippen LogP contribution in [0.25, 0.3) is 0 Å². The number of carbonyl (C=O) groups is 3. The second kappa shape index (κ2) is 9.18. The standard InChI is InChI=1S/C17H21ClN2O6S/c1-2-20(14-7-8-27(24,25)11-14)15(21)10-26-16(22)9-19-17(23)12-3-5-13(18)6-4-12/h3-6,14H,2,7-11H2,1H3,(H,19,23)/t14-/m0/s1. The Bertz CT molecular complexity index is 809. The van der Waals surface area contributed by atoms with E-state index < -0.39 is 46.8 Å². The molecule has 0 aliphatic carbocycles. The predicted molar refractivity (Wildman–Crippen MR) is 99.2 cm³/mol. The summed E-state index contributed by atoms with van der Waals surface area (Å²) in [4.78, 5) is 37.3. The molecule has 1 aromatic rings. The van der Waals surface area contributed by atoms with Crippen LogP contribution in [-0.4, -0.2) is 68.3 Å². The molecular formula is C17H21ClN2O6S. The molecule has 0 radical (unpaired) electrons. The van der Waals surface area contributed by atoms with Gasteiger partial charge in [-0.15, -0.1) is 0 Å². The molecule has 2 amide bonds. The molecule has 1 fully saturated rings. The number of benzene rings is 1. The van der Waals surface area contributed by atoms with Crippen LogP contribution in [0.3, 0.4) is 0 Å². The van der Waals surface area contributed by atoms with Gasteiger partial charge >= 0.3 is 5.97 Å². The fourth-order valence-corrected chi connectivity index (χ4v) is 4.65. The van der Waals surface area contributed by atoms with Crippen LogP contribution >= 0.6 is 11.6 Å². The minimum Gasteiger partial charge on any atom is -0.454 e. The summed E-state index contributed by atoms with van der Waals surface area (Å²) in [6.07, 6.45) is 0.382. The lowest BCUT2D eigenvalue weighted by atomic mass is 10.2. The number of hydrogen-bond acceptors (Lipinski definition) is 6. The maximum absolute atomic E-state index is 12.2. The van der Waals surface area contributed by atoms with E-state index in [1.807, 2.05) is 0 Å². The topological polar surface area (TPSA) is 110 Å². The summed E-state index contributed by atoms with van der Waals surface area (Å²) < 4.78 is 28.0. The van der Waals surface area contributed by atoms with Gasteiger partial charge in [0.15, 0.2) is 16.4 Å². The number of nitrogens with one attached hydrogen (secondary N) is 1. The first-order valence-electron chi connectivity index (χ1n) is 8.41. The Morgan fingerprint density at radius 1 is 1.26 bits per heavy atom. The number of nitrogens with zero attached hydrogens (tertiary/aromatic N) is 1. The molecule has 0 saturated carbocycles. The first kappa shape index (κ1) is 21.2. The van der Waals surface area contributed by atoms with Crippen molar-refractivity contribution in [3.8, 4) is 0 Å². The van der Waals surface area contributed by atoms with Gasteiger partial charge in [-0.2, -0.15) is 0 Å². The van der Waals surface area contributed by atoms with Crippen LogP contribution in [0.2, 0.25) is 5.02 Å². The van der Waals surface area contributed by atoms with Crippen molar-refractivity contribution in [2.24, 2.45) is 0 Å². The van der Waals surface area contributed by atoms with E-state index in [1.165, 1.54) is 17.0 Å². The molecule has 0 spiro atoms. The number of ether oxygens (including phenoxy) is 1. The Hall–Kier alpha value is -2.13. The van der Waals surface area contributed by atoms with Crippen LogP contribution in [0.1, 0.15) is 23.7 Å². The average molecular weight is 417 g/mol. The maximum Gasteiger partial charge on any atom is 0.325 e. The van der Waals surface area contributed by atoms with Crippen LogP contribution in [-0.2, 0) is 24.2 Å². The first-order chi connectivity index (χ1) is 12.7. The van der Waals surface area contributed by atoms with E-state index >= 15 is 0 Å². The molecule has 1 atom stereocenters. The summed E-state index contributed by atoms with van der Waals surface area (Å²) in [7, 11) is -3.12. The van der Waals surface area contributed by atoms with Crippen molar-refractivity contribution in [2.45, 2.75) is 19.4 Å². The molecule has 0 bridgehead atoms. The molecule has 1 N–H and O–H groups in total. The minimum absolute atomic E-state index is 0.0535. The van der Waals surface area contributed by atoms with Gasteiger partial charge in [-0.25, -0.2) is 8.42 Å². The predicted octanol–water partition coefficient (Wildman–Crippen LogP) is 0.649. The van der Waals surface area contributed by atoms with Gasteiger partial charge in [0.2, 0.25) is 0 Å². The Morgan fingerprint density at radius 2 is 1.93 bits per heavy atom. The van der Waals surface area contributed by atoms with Gasteiger partial charge < -0.3 is 15.0 Å². The quantitative estimate of drug-likeness (QED) is 0.653. The molecule has 0 unspecified atom stereocenters. The molecular weight excluding hydrogens is 396 g/mol. The van der Waals surface area contributed by atoms with E-state index in [0.29, 0.717) is 23.6 Å². The second-order valence-electron chi connectivity index (χ2n) is 6.09. The molecule has 1 heterocycles. The highest BCUT2D eigenvalue weighted by atomic mass is 35.5. The largest absolute Gasteiger partial charge is 0.454 e. The van der Waals surface area contributed by atoms with Gasteiger partial charge in [0.25, 0.3) is 11.8 Å². The molecule has 27 heavy (non-hydrogen) atoms. The summed E-state index contributed by atoms with van der Waals surface area (Å²) in [5, 5.41) is 2.88. The summed E-state index contributed by atoms with van der Waals surface area (Å²) in [6, 6.07) is 5.74. The van der Waals surface area contributed by atoms with E-state index in [-0.39, 0.29) is 11.5 Å². The summed E-state index contributed by atoms with van der Waals surface area (Å²) >= 11 is 5.74.